The van der Waals surface area contributed by atoms with Crippen LogP contribution in [0.1, 0.15) is 16.2 Å². The van der Waals surface area contributed by atoms with Gasteiger partial charge in [-0.1, -0.05) is 30.3 Å². The van der Waals surface area contributed by atoms with Gasteiger partial charge in [0.2, 0.25) is 0 Å². The van der Waals surface area contributed by atoms with Gasteiger partial charge in [0.25, 0.3) is 11.7 Å². The quantitative estimate of drug-likeness (QED) is 0.262. The maximum absolute atomic E-state index is 13.4. The van der Waals surface area contributed by atoms with Gasteiger partial charge in [0.05, 0.1) is 29.8 Å². The van der Waals surface area contributed by atoms with E-state index in [1.807, 2.05) is 35.2 Å². The Morgan fingerprint density at radius 1 is 1.00 bits per heavy atom. The summed E-state index contributed by atoms with van der Waals surface area (Å²) in [7, 11) is 3.25. The van der Waals surface area contributed by atoms with Crippen molar-refractivity contribution in [2.24, 2.45) is 7.05 Å². The number of pyridine rings is 1. The van der Waals surface area contributed by atoms with Crippen molar-refractivity contribution in [3.05, 3.63) is 72.8 Å². The molecule has 13 nitrogen and oxygen atoms in total. The van der Waals surface area contributed by atoms with Gasteiger partial charge in [-0.25, -0.2) is 14.6 Å². The molecule has 1 aliphatic rings. The van der Waals surface area contributed by atoms with Crippen LogP contribution in [0, 0.1) is 6.92 Å². The summed E-state index contributed by atoms with van der Waals surface area (Å²) in [5.41, 5.74) is 2.36. The number of aromatic nitrogens is 8. The van der Waals surface area contributed by atoms with Crippen molar-refractivity contribution in [1.29, 1.82) is 0 Å². The predicted molar refractivity (Wildman–Crippen MR) is 141 cm³/mol. The number of ketones is 1. The van der Waals surface area contributed by atoms with Crippen molar-refractivity contribution in [3.8, 4) is 22.8 Å². The molecule has 0 fully saturated rings. The summed E-state index contributed by atoms with van der Waals surface area (Å²) < 4.78 is 6.97. The van der Waals surface area contributed by atoms with Gasteiger partial charge >= 0.3 is 0 Å². The summed E-state index contributed by atoms with van der Waals surface area (Å²) in [4.78, 5) is 43.2. The highest BCUT2D eigenvalue weighted by atomic mass is 16.5. The molecule has 0 spiro atoms. The largest absolute Gasteiger partial charge is 0.494 e. The van der Waals surface area contributed by atoms with Crippen LogP contribution in [0.4, 0.5) is 5.82 Å². The molecule has 4 aromatic heterocycles. The van der Waals surface area contributed by atoms with Crippen molar-refractivity contribution in [1.82, 2.24) is 44.6 Å². The molecule has 0 saturated heterocycles. The molecule has 5 heterocycles. The fourth-order valence-corrected chi connectivity index (χ4v) is 4.55. The Morgan fingerprint density at radius 2 is 1.82 bits per heavy atom. The first-order chi connectivity index (χ1) is 18.9. The van der Waals surface area contributed by atoms with Crippen molar-refractivity contribution in [2.75, 3.05) is 25.1 Å². The maximum Gasteiger partial charge on any atom is 0.299 e. The fraction of sp³-hybridized carbons (Fsp3) is 0.192. The summed E-state index contributed by atoms with van der Waals surface area (Å²) in [5.74, 6) is 0.703. The molecular formula is C26H24N10O3. The van der Waals surface area contributed by atoms with Gasteiger partial charge in [0.1, 0.15) is 23.6 Å². The maximum atomic E-state index is 13.4. The van der Waals surface area contributed by atoms with Crippen LogP contribution in [0.2, 0.25) is 0 Å². The van der Waals surface area contributed by atoms with Gasteiger partial charge in [-0.2, -0.15) is 15.0 Å². The zero-order valence-corrected chi connectivity index (χ0v) is 21.4. The summed E-state index contributed by atoms with van der Waals surface area (Å²) >= 11 is 0. The number of anilines is 1. The number of amides is 1. The molecule has 1 N–H and O–H groups in total. The Morgan fingerprint density at radius 3 is 2.51 bits per heavy atom. The Kier molecular flexibility index (Phi) is 5.87. The number of nitrogens with one attached hydrogen (secondary N) is 1. The van der Waals surface area contributed by atoms with Crippen molar-refractivity contribution in [2.45, 2.75) is 6.92 Å². The molecule has 0 saturated carbocycles. The number of hydrogen-bond donors (Lipinski definition) is 1. The number of aryl methyl sites for hydroxylation is 2. The average Bonchev–Trinajstić information content (AvgIpc) is 3.71. The Balaban J connectivity index is 1.28. The lowest BCUT2D eigenvalue weighted by Gasteiger charge is -2.28. The van der Waals surface area contributed by atoms with E-state index in [1.54, 1.807) is 26.4 Å². The number of methoxy groups -OCH3 is 1. The summed E-state index contributed by atoms with van der Waals surface area (Å²) in [5, 5.41) is 13.8. The number of Topliss-reactive ketones (excluding diaryl/α,β-unsaturated/α-hetero) is 1. The van der Waals surface area contributed by atoms with E-state index < -0.39 is 11.7 Å². The van der Waals surface area contributed by atoms with Gasteiger partial charge in [0.15, 0.2) is 11.6 Å². The molecule has 0 unspecified atom stereocenters. The van der Waals surface area contributed by atoms with Gasteiger partial charge in [-0.15, -0.1) is 5.10 Å². The van der Waals surface area contributed by atoms with Crippen LogP contribution in [-0.4, -0.2) is 76.5 Å². The molecule has 39 heavy (non-hydrogen) atoms. The smallest absolute Gasteiger partial charge is 0.299 e. The van der Waals surface area contributed by atoms with Crippen molar-refractivity contribution >= 4 is 28.4 Å². The first-order valence-electron chi connectivity index (χ1n) is 12.1. The van der Waals surface area contributed by atoms with E-state index in [2.05, 4.69) is 30.2 Å². The third-order valence-corrected chi connectivity index (χ3v) is 6.42. The monoisotopic (exact) mass is 524 g/mol. The second-order valence-electron chi connectivity index (χ2n) is 8.89. The average molecular weight is 525 g/mol. The zero-order valence-electron chi connectivity index (χ0n) is 21.4. The molecule has 5 aromatic rings. The highest BCUT2D eigenvalue weighted by molar-refractivity contribution is 6.45. The van der Waals surface area contributed by atoms with Gasteiger partial charge in [-0.05, 0) is 6.92 Å². The zero-order chi connectivity index (χ0) is 27.1. The van der Waals surface area contributed by atoms with Crippen LogP contribution >= 0.6 is 0 Å². The molecular weight excluding hydrogens is 500 g/mol. The standard InChI is InChI=1S/C26H24N10O3/c1-16-29-15-36(30-16)24-22-20(19(39-3)14-28-24)18(13-27-22)23(37)26(38)35-11-9-34(10-12-35)25-21(31-33(2)32-25)17-7-5-4-6-8-17/h4-9,11,13-15,27H,10,12H2,1-3H3. The molecule has 0 atom stereocenters. The van der Waals surface area contributed by atoms with Crippen LogP contribution < -0.4 is 9.64 Å². The number of hydrogen-bond acceptors (Lipinski definition) is 9. The van der Waals surface area contributed by atoms with E-state index >= 15 is 0 Å². The topological polar surface area (TPSA) is 140 Å². The minimum Gasteiger partial charge on any atom is -0.494 e. The lowest BCUT2D eigenvalue weighted by atomic mass is 10.1. The summed E-state index contributed by atoms with van der Waals surface area (Å²) in [6.45, 7) is 2.49. The van der Waals surface area contributed by atoms with E-state index in [0.717, 1.165) is 11.3 Å². The third-order valence-electron chi connectivity index (χ3n) is 6.42. The summed E-state index contributed by atoms with van der Waals surface area (Å²) in [6.07, 6.45) is 7.84. The van der Waals surface area contributed by atoms with Crippen molar-refractivity contribution in [3.63, 3.8) is 0 Å². The second-order valence-corrected chi connectivity index (χ2v) is 8.89. The Hall–Kier alpha value is -5.33. The molecule has 6 rings (SSSR count). The molecule has 1 aliphatic heterocycles. The van der Waals surface area contributed by atoms with Gasteiger partial charge in [-0.3, -0.25) is 9.59 Å². The second kappa shape index (κ2) is 9.52. The Bertz CT molecular complexity index is 1730. The molecule has 1 aromatic carbocycles. The highest BCUT2D eigenvalue weighted by Gasteiger charge is 2.30. The van der Waals surface area contributed by atoms with E-state index in [1.165, 1.54) is 40.2 Å². The summed E-state index contributed by atoms with van der Waals surface area (Å²) in [6, 6.07) is 9.76. The minimum atomic E-state index is -0.672. The number of nitrogens with zero attached hydrogens (tertiary/aromatic N) is 9. The minimum absolute atomic E-state index is 0.184. The third kappa shape index (κ3) is 4.19. The predicted octanol–water partition coefficient (Wildman–Crippen LogP) is 2.26. The molecule has 13 heteroatoms. The van der Waals surface area contributed by atoms with Gasteiger partial charge in [0, 0.05) is 44.3 Å². The number of H-pyrrole nitrogens is 1. The number of benzene rings is 1. The lowest BCUT2D eigenvalue weighted by molar-refractivity contribution is -0.124. The number of carbonyl (C=O) groups is 2. The van der Waals surface area contributed by atoms with Crippen LogP contribution in [0.5, 0.6) is 5.75 Å². The number of aromatic amines is 1. The van der Waals surface area contributed by atoms with Crippen LogP contribution in [-0.2, 0) is 11.8 Å². The molecule has 0 aliphatic carbocycles. The van der Waals surface area contributed by atoms with E-state index in [9.17, 15) is 9.59 Å². The first kappa shape index (κ1) is 24.0. The number of rotatable bonds is 6. The Labute approximate surface area is 222 Å². The van der Waals surface area contributed by atoms with Crippen LogP contribution in [0.15, 0.2) is 61.5 Å². The molecule has 1 amide bonds. The molecule has 0 bridgehead atoms. The van der Waals surface area contributed by atoms with Crippen LogP contribution in [0.25, 0.3) is 28.0 Å². The van der Waals surface area contributed by atoms with E-state index in [4.69, 9.17) is 4.74 Å². The lowest BCUT2D eigenvalue weighted by Crippen LogP contribution is -2.41. The highest BCUT2D eigenvalue weighted by Crippen LogP contribution is 2.32. The van der Waals surface area contributed by atoms with Crippen LogP contribution in [0.3, 0.4) is 0 Å². The number of carbonyl (C=O) groups excluding carboxylic acids is 2. The van der Waals surface area contributed by atoms with E-state index in [-0.39, 0.29) is 12.1 Å². The normalized spacial score (nSPS) is 13.3. The van der Waals surface area contributed by atoms with E-state index in [0.29, 0.717) is 40.7 Å². The number of ether oxygens (including phenoxy) is 1. The number of fused-ring (bicyclic) bond motifs is 1. The van der Waals surface area contributed by atoms with Gasteiger partial charge < -0.3 is 19.5 Å². The SMILES string of the molecule is COc1cnc(-n2cnc(C)n2)c2[nH]cc(C(=O)C(=O)N3C=CN(c4nn(C)nc4-c4ccccc4)CC3)c12. The van der Waals surface area contributed by atoms with Crippen molar-refractivity contribution < 1.29 is 14.3 Å². The fourth-order valence-electron chi connectivity index (χ4n) is 4.55. The first-order valence-corrected chi connectivity index (χ1v) is 12.1. The molecule has 0 radical (unpaired) electrons. The molecule has 196 valence electrons.